The average molecular weight is 677 g/mol. The first-order valence-electron chi connectivity index (χ1n) is 14.1. The van der Waals surface area contributed by atoms with Crippen LogP contribution in [0.3, 0.4) is 0 Å². The number of carbonyl (C=O) groups is 2. The van der Waals surface area contributed by atoms with Gasteiger partial charge in [-0.2, -0.15) is 0 Å². The Morgan fingerprint density at radius 1 is 0.674 bits per heavy atom. The fraction of sp³-hybridized carbons (Fsp3) is 0.219. The van der Waals surface area contributed by atoms with Crippen LogP contribution in [0.15, 0.2) is 85.5 Å². The molecule has 0 saturated carbocycles. The molecule has 0 atom stereocenters. The summed E-state index contributed by atoms with van der Waals surface area (Å²) in [6.45, 7) is 3.33. The number of aromatic nitrogens is 3. The maximum Gasteiger partial charge on any atom is 0.407 e. The fourth-order valence-electron chi connectivity index (χ4n) is 4.27. The number of benzene rings is 3. The highest BCUT2D eigenvalue weighted by Crippen LogP contribution is 2.34. The van der Waals surface area contributed by atoms with Gasteiger partial charge in [-0.3, -0.25) is 0 Å². The summed E-state index contributed by atoms with van der Waals surface area (Å²) in [6, 6.07) is 23.2. The van der Waals surface area contributed by atoms with Gasteiger partial charge < -0.3 is 29.0 Å². The van der Waals surface area contributed by atoms with Crippen molar-refractivity contribution >= 4 is 76.7 Å². The topological polar surface area (TPSA) is 131 Å². The van der Waals surface area contributed by atoms with E-state index in [0.717, 1.165) is 36.7 Å². The molecule has 0 radical (unpaired) electrons. The number of alkyl carbamates (subject to hydrolysis) is 1. The lowest BCUT2D eigenvalue weighted by Crippen LogP contribution is -2.46. The molecule has 0 aliphatic rings. The quantitative estimate of drug-likeness (QED) is 0.0731. The van der Waals surface area contributed by atoms with Crippen molar-refractivity contribution in [3.05, 3.63) is 85.5 Å². The number of rotatable bonds is 15. The van der Waals surface area contributed by atoms with Gasteiger partial charge in [-0.15, -0.1) is 0 Å². The van der Waals surface area contributed by atoms with Gasteiger partial charge in [0.1, 0.15) is 38.4 Å². The van der Waals surface area contributed by atoms with E-state index in [0.29, 0.717) is 15.6 Å². The van der Waals surface area contributed by atoms with Crippen LogP contribution in [0.1, 0.15) is 0 Å². The van der Waals surface area contributed by atoms with E-state index in [2.05, 4.69) is 26.8 Å². The van der Waals surface area contributed by atoms with Crippen molar-refractivity contribution in [1.29, 1.82) is 0 Å². The van der Waals surface area contributed by atoms with Crippen molar-refractivity contribution in [3.8, 4) is 15.6 Å². The third kappa shape index (κ3) is 7.88. The van der Waals surface area contributed by atoms with Crippen molar-refractivity contribution in [1.82, 2.24) is 20.3 Å². The van der Waals surface area contributed by atoms with Crippen molar-refractivity contribution in [2.75, 3.05) is 39.6 Å². The van der Waals surface area contributed by atoms with Gasteiger partial charge >= 0.3 is 12.1 Å². The second-order valence-corrected chi connectivity index (χ2v) is 13.1. The van der Waals surface area contributed by atoms with Crippen LogP contribution in [-0.4, -0.2) is 66.6 Å². The number of ether oxygens (including phenoxy) is 5. The maximum absolute atomic E-state index is 12.7. The summed E-state index contributed by atoms with van der Waals surface area (Å²) in [7, 11) is 0. The Balaban J connectivity index is 1.23. The highest BCUT2D eigenvalue weighted by Gasteiger charge is 2.37. The molecule has 0 spiro atoms. The van der Waals surface area contributed by atoms with Crippen LogP contribution in [0, 0.1) is 5.41 Å². The van der Waals surface area contributed by atoms with Crippen LogP contribution < -0.4 is 19.5 Å². The number of para-hydroxylation sites is 3. The van der Waals surface area contributed by atoms with E-state index in [-0.39, 0.29) is 39.6 Å². The standard InChI is InChI=1S/C32H28N4O7S3/c1-2-27(37)39-16-15-33-28(38)40-17-32(18-41-29-34-21-9-3-6-12-24(21)44-29,19-42-30-35-22-10-4-7-13-25(22)45-30)20-43-31-36-23-11-5-8-14-26(23)46-31/h2-14H,1,15-20H2,(H,33,38). The molecule has 3 aromatic heterocycles. The molecule has 0 unspecified atom stereocenters. The minimum absolute atomic E-state index is 0.0345. The molecule has 14 heteroatoms. The molecule has 3 heterocycles. The number of fused-ring (bicyclic) bond motifs is 3. The number of thiazole rings is 3. The normalized spacial score (nSPS) is 11.4. The van der Waals surface area contributed by atoms with Crippen molar-refractivity contribution in [2.24, 2.45) is 5.41 Å². The van der Waals surface area contributed by atoms with Crippen molar-refractivity contribution < 1.29 is 33.3 Å². The predicted octanol–water partition coefficient (Wildman–Crippen LogP) is 6.49. The number of nitrogens with zero attached hydrogens (tertiary/aromatic N) is 3. The molecule has 1 N–H and O–H groups in total. The molecule has 0 bridgehead atoms. The SMILES string of the molecule is C=CC(=O)OCCNC(=O)OCC(COc1nc2ccccc2s1)(COc1nc2ccccc2s1)COc1nc2ccccc2s1. The van der Waals surface area contributed by atoms with Gasteiger partial charge in [-0.1, -0.05) is 77.0 Å². The van der Waals surface area contributed by atoms with Crippen LogP contribution in [0.25, 0.3) is 30.6 Å². The maximum atomic E-state index is 12.7. The number of esters is 1. The second kappa shape index (κ2) is 14.5. The smallest absolute Gasteiger partial charge is 0.407 e. The van der Waals surface area contributed by atoms with Gasteiger partial charge in [0.15, 0.2) is 0 Å². The van der Waals surface area contributed by atoms with Crippen molar-refractivity contribution in [2.45, 2.75) is 0 Å². The Hall–Kier alpha value is -4.79. The van der Waals surface area contributed by atoms with Crippen LogP contribution in [0.2, 0.25) is 0 Å². The molecule has 11 nitrogen and oxygen atoms in total. The summed E-state index contributed by atoms with van der Waals surface area (Å²) in [5, 5.41) is 3.96. The molecule has 6 aromatic rings. The van der Waals surface area contributed by atoms with Gasteiger partial charge in [0.2, 0.25) is 0 Å². The van der Waals surface area contributed by atoms with E-state index in [1.54, 1.807) is 0 Å². The molecule has 1 amide bonds. The average Bonchev–Trinajstić information content (AvgIpc) is 3.81. The minimum Gasteiger partial charge on any atom is -0.469 e. The third-order valence-corrected chi connectivity index (χ3v) is 9.47. The summed E-state index contributed by atoms with van der Waals surface area (Å²) >= 11 is 4.23. The largest absolute Gasteiger partial charge is 0.469 e. The van der Waals surface area contributed by atoms with Crippen LogP contribution in [-0.2, 0) is 14.3 Å². The number of hydrogen-bond donors (Lipinski definition) is 1. The molecule has 0 fully saturated rings. The van der Waals surface area contributed by atoms with E-state index < -0.39 is 17.5 Å². The van der Waals surface area contributed by atoms with E-state index in [1.807, 2.05) is 72.8 Å². The first kappa shape index (κ1) is 31.2. The monoisotopic (exact) mass is 676 g/mol. The first-order chi connectivity index (χ1) is 22.5. The van der Waals surface area contributed by atoms with Gasteiger partial charge in [0.05, 0.1) is 37.2 Å². The zero-order valence-electron chi connectivity index (χ0n) is 24.4. The summed E-state index contributed by atoms with van der Waals surface area (Å²) in [5.41, 5.74) is 1.42. The lowest BCUT2D eigenvalue weighted by molar-refractivity contribution is -0.137. The summed E-state index contributed by atoms with van der Waals surface area (Å²) in [6.07, 6.45) is 0.341. The van der Waals surface area contributed by atoms with E-state index in [1.165, 1.54) is 34.0 Å². The minimum atomic E-state index is -1.03. The highest BCUT2D eigenvalue weighted by molar-refractivity contribution is 7.20. The lowest BCUT2D eigenvalue weighted by atomic mass is 9.92. The van der Waals surface area contributed by atoms with Crippen molar-refractivity contribution in [3.63, 3.8) is 0 Å². The Morgan fingerprint density at radius 3 is 1.52 bits per heavy atom. The highest BCUT2D eigenvalue weighted by atomic mass is 32.1. The molecule has 0 aliphatic heterocycles. The summed E-state index contributed by atoms with van der Waals surface area (Å²) in [4.78, 5) is 37.9. The molecule has 6 rings (SSSR count). The molecular formula is C32H28N4O7S3. The van der Waals surface area contributed by atoms with Crippen LogP contribution in [0.5, 0.6) is 15.6 Å². The van der Waals surface area contributed by atoms with E-state index in [9.17, 15) is 9.59 Å². The molecular weight excluding hydrogens is 649 g/mol. The molecule has 0 aliphatic carbocycles. The molecule has 3 aromatic carbocycles. The first-order valence-corrected chi connectivity index (χ1v) is 16.6. The fourth-order valence-corrected chi connectivity index (χ4v) is 6.71. The van der Waals surface area contributed by atoms with E-state index in [4.69, 9.17) is 23.7 Å². The van der Waals surface area contributed by atoms with Crippen LogP contribution >= 0.6 is 34.0 Å². The zero-order chi connectivity index (χ0) is 31.8. The molecule has 236 valence electrons. The zero-order valence-corrected chi connectivity index (χ0v) is 26.8. The summed E-state index contributed by atoms with van der Waals surface area (Å²) in [5.74, 6) is -0.583. The summed E-state index contributed by atoms with van der Waals surface area (Å²) < 4.78 is 32.3. The number of carbonyl (C=O) groups excluding carboxylic acids is 2. The number of nitrogens with one attached hydrogen (secondary N) is 1. The van der Waals surface area contributed by atoms with Gasteiger partial charge in [0.25, 0.3) is 15.6 Å². The Bertz CT molecular complexity index is 1680. The van der Waals surface area contributed by atoms with Crippen LogP contribution in [0.4, 0.5) is 4.79 Å². The number of amides is 1. The van der Waals surface area contributed by atoms with Gasteiger partial charge in [-0.25, -0.2) is 24.5 Å². The van der Waals surface area contributed by atoms with E-state index >= 15 is 0 Å². The Kier molecular flexibility index (Phi) is 9.86. The van der Waals surface area contributed by atoms with Gasteiger partial charge in [0, 0.05) is 6.08 Å². The second-order valence-electron chi connectivity index (χ2n) is 10.1. The lowest BCUT2D eigenvalue weighted by Gasteiger charge is -2.31. The van der Waals surface area contributed by atoms with Gasteiger partial charge in [-0.05, 0) is 36.4 Å². The molecule has 0 saturated heterocycles. The Labute approximate surface area is 275 Å². The predicted molar refractivity (Wildman–Crippen MR) is 178 cm³/mol. The number of hydrogen-bond acceptors (Lipinski definition) is 13. The molecule has 46 heavy (non-hydrogen) atoms. The third-order valence-electron chi connectivity index (χ3n) is 6.62. The Morgan fingerprint density at radius 2 is 1.11 bits per heavy atom.